The van der Waals surface area contributed by atoms with E-state index >= 15 is 0 Å². The fourth-order valence-corrected chi connectivity index (χ4v) is 3.33. The molecule has 94 valence electrons. The lowest BCUT2D eigenvalue weighted by atomic mass is 9.94. The number of fused-ring (bicyclic) bond motifs is 2. The zero-order chi connectivity index (χ0) is 11.9. The van der Waals surface area contributed by atoms with Crippen molar-refractivity contribution in [3.05, 3.63) is 24.3 Å². The van der Waals surface area contributed by atoms with Crippen molar-refractivity contribution in [2.45, 2.75) is 18.9 Å². The number of nitrogens with one attached hydrogen (secondary N) is 2. The van der Waals surface area contributed by atoms with Crippen LogP contribution in [0.2, 0.25) is 0 Å². The number of benzene rings is 1. The standard InChI is InChI=1S/C14H18N4/c1-2-4-13-12(3-1)16-14(17-13)18-8-6-11-10(9-18)5-7-15-11/h1-4,10-11,15H,5-9H2,(H,16,17). The van der Waals surface area contributed by atoms with E-state index in [-0.39, 0.29) is 0 Å². The van der Waals surface area contributed by atoms with Gasteiger partial charge in [-0.1, -0.05) is 12.1 Å². The van der Waals surface area contributed by atoms with Gasteiger partial charge in [-0.2, -0.15) is 0 Å². The minimum atomic E-state index is 0.741. The molecule has 0 amide bonds. The Morgan fingerprint density at radius 3 is 3.11 bits per heavy atom. The molecule has 0 saturated carbocycles. The molecule has 2 atom stereocenters. The molecule has 4 heteroatoms. The third-order valence-electron chi connectivity index (χ3n) is 4.33. The molecule has 2 unspecified atom stereocenters. The average molecular weight is 242 g/mol. The Morgan fingerprint density at radius 1 is 1.22 bits per heavy atom. The number of H-pyrrole nitrogens is 1. The van der Waals surface area contributed by atoms with Crippen LogP contribution in [-0.2, 0) is 0 Å². The summed E-state index contributed by atoms with van der Waals surface area (Å²) in [6.45, 7) is 3.43. The number of hydrogen-bond donors (Lipinski definition) is 2. The van der Waals surface area contributed by atoms with Crippen LogP contribution in [0.25, 0.3) is 11.0 Å². The van der Waals surface area contributed by atoms with Crippen molar-refractivity contribution >= 4 is 17.0 Å². The summed E-state index contributed by atoms with van der Waals surface area (Å²) in [5.74, 6) is 1.84. The highest BCUT2D eigenvalue weighted by Crippen LogP contribution is 2.27. The van der Waals surface area contributed by atoms with Crippen molar-refractivity contribution in [2.24, 2.45) is 5.92 Å². The highest BCUT2D eigenvalue weighted by molar-refractivity contribution is 5.77. The van der Waals surface area contributed by atoms with Crippen LogP contribution >= 0.6 is 0 Å². The molecule has 0 aliphatic carbocycles. The molecule has 2 aromatic rings. The van der Waals surface area contributed by atoms with Crippen LogP contribution in [-0.4, -0.2) is 35.6 Å². The van der Waals surface area contributed by atoms with E-state index in [2.05, 4.69) is 33.4 Å². The maximum atomic E-state index is 4.70. The minimum absolute atomic E-state index is 0.741. The Labute approximate surface area is 106 Å². The van der Waals surface area contributed by atoms with Crippen LogP contribution in [0.15, 0.2) is 24.3 Å². The quantitative estimate of drug-likeness (QED) is 0.800. The molecular formula is C14H18N4. The van der Waals surface area contributed by atoms with Crippen LogP contribution in [0.3, 0.4) is 0 Å². The first-order valence-corrected chi connectivity index (χ1v) is 6.83. The van der Waals surface area contributed by atoms with E-state index in [4.69, 9.17) is 4.98 Å². The van der Waals surface area contributed by atoms with E-state index < -0.39 is 0 Å². The summed E-state index contributed by atoms with van der Waals surface area (Å²) in [5, 5.41) is 3.60. The molecule has 2 saturated heterocycles. The number of para-hydroxylation sites is 2. The highest BCUT2D eigenvalue weighted by Gasteiger charge is 2.33. The van der Waals surface area contributed by atoms with Gasteiger partial charge in [-0.15, -0.1) is 0 Å². The smallest absolute Gasteiger partial charge is 0.203 e. The first kappa shape index (κ1) is 10.4. The summed E-state index contributed by atoms with van der Waals surface area (Å²) < 4.78 is 0. The molecule has 4 rings (SSSR count). The van der Waals surface area contributed by atoms with E-state index in [0.29, 0.717) is 0 Å². The second-order valence-electron chi connectivity index (χ2n) is 5.42. The van der Waals surface area contributed by atoms with Gasteiger partial charge in [-0.05, 0) is 37.4 Å². The second kappa shape index (κ2) is 3.99. The third kappa shape index (κ3) is 1.60. The van der Waals surface area contributed by atoms with Gasteiger partial charge < -0.3 is 15.2 Å². The second-order valence-corrected chi connectivity index (χ2v) is 5.42. The van der Waals surface area contributed by atoms with Crippen molar-refractivity contribution in [2.75, 3.05) is 24.5 Å². The van der Waals surface area contributed by atoms with E-state index in [1.54, 1.807) is 0 Å². The molecule has 0 radical (unpaired) electrons. The maximum Gasteiger partial charge on any atom is 0.203 e. The number of hydrogen-bond acceptors (Lipinski definition) is 3. The van der Waals surface area contributed by atoms with Gasteiger partial charge in [0.1, 0.15) is 0 Å². The Bertz CT molecular complexity index is 529. The van der Waals surface area contributed by atoms with Crippen molar-refractivity contribution in [1.29, 1.82) is 0 Å². The zero-order valence-corrected chi connectivity index (χ0v) is 10.4. The Balaban J connectivity index is 1.62. The largest absolute Gasteiger partial charge is 0.342 e. The number of rotatable bonds is 1. The number of imidazole rings is 1. The molecule has 3 heterocycles. The van der Waals surface area contributed by atoms with Crippen LogP contribution in [0.1, 0.15) is 12.8 Å². The number of nitrogens with zero attached hydrogens (tertiary/aromatic N) is 2. The molecule has 4 nitrogen and oxygen atoms in total. The van der Waals surface area contributed by atoms with Crippen LogP contribution in [0.4, 0.5) is 5.95 Å². The molecule has 1 aromatic heterocycles. The van der Waals surface area contributed by atoms with Gasteiger partial charge in [0.15, 0.2) is 0 Å². The third-order valence-corrected chi connectivity index (χ3v) is 4.33. The molecule has 0 bridgehead atoms. The topological polar surface area (TPSA) is 44.0 Å². The summed E-state index contributed by atoms with van der Waals surface area (Å²) in [6, 6.07) is 9.00. The van der Waals surface area contributed by atoms with Crippen molar-refractivity contribution in [3.8, 4) is 0 Å². The molecule has 2 N–H and O–H groups in total. The van der Waals surface area contributed by atoms with Gasteiger partial charge in [-0.3, -0.25) is 0 Å². The van der Waals surface area contributed by atoms with Crippen molar-refractivity contribution in [3.63, 3.8) is 0 Å². The summed E-state index contributed by atoms with van der Waals surface area (Å²) >= 11 is 0. The SMILES string of the molecule is c1ccc2[nH]c(N3CCC4NCCC4C3)nc2c1. The van der Waals surface area contributed by atoms with E-state index in [0.717, 1.165) is 42.0 Å². The molecule has 1 aromatic carbocycles. The van der Waals surface area contributed by atoms with Crippen molar-refractivity contribution < 1.29 is 0 Å². The number of piperidine rings is 1. The fourth-order valence-electron chi connectivity index (χ4n) is 3.33. The maximum absolute atomic E-state index is 4.70. The highest BCUT2D eigenvalue weighted by atomic mass is 15.3. The summed E-state index contributed by atoms with van der Waals surface area (Å²) in [6.07, 6.45) is 2.54. The minimum Gasteiger partial charge on any atom is -0.342 e. The molecular weight excluding hydrogens is 224 g/mol. The fraction of sp³-hybridized carbons (Fsp3) is 0.500. The molecule has 2 aliphatic rings. The number of aromatic amines is 1. The van der Waals surface area contributed by atoms with Gasteiger partial charge >= 0.3 is 0 Å². The van der Waals surface area contributed by atoms with Crippen LogP contribution in [0, 0.1) is 5.92 Å². The lowest BCUT2D eigenvalue weighted by Crippen LogP contribution is -2.44. The van der Waals surface area contributed by atoms with Crippen molar-refractivity contribution in [1.82, 2.24) is 15.3 Å². The normalized spacial score (nSPS) is 27.7. The predicted octanol–water partition coefficient (Wildman–Crippen LogP) is 1.75. The Hall–Kier alpha value is -1.55. The first-order chi connectivity index (χ1) is 8.90. The number of aromatic nitrogens is 2. The summed E-state index contributed by atoms with van der Waals surface area (Å²) in [4.78, 5) is 10.6. The first-order valence-electron chi connectivity index (χ1n) is 6.83. The average Bonchev–Trinajstić information content (AvgIpc) is 3.04. The van der Waals surface area contributed by atoms with E-state index in [9.17, 15) is 0 Å². The molecule has 2 fully saturated rings. The summed E-state index contributed by atoms with van der Waals surface area (Å²) in [7, 11) is 0. The van der Waals surface area contributed by atoms with E-state index in [1.165, 1.54) is 19.4 Å². The molecule has 0 spiro atoms. The van der Waals surface area contributed by atoms with E-state index in [1.807, 2.05) is 6.07 Å². The van der Waals surface area contributed by atoms with Crippen LogP contribution < -0.4 is 10.2 Å². The van der Waals surface area contributed by atoms with Gasteiger partial charge in [0, 0.05) is 19.1 Å². The lowest BCUT2D eigenvalue weighted by molar-refractivity contribution is 0.374. The lowest BCUT2D eigenvalue weighted by Gasteiger charge is -2.34. The number of anilines is 1. The summed E-state index contributed by atoms with van der Waals surface area (Å²) in [5.41, 5.74) is 2.21. The zero-order valence-electron chi connectivity index (χ0n) is 10.4. The monoisotopic (exact) mass is 242 g/mol. The van der Waals surface area contributed by atoms with Crippen LogP contribution in [0.5, 0.6) is 0 Å². The Kier molecular flexibility index (Phi) is 2.30. The van der Waals surface area contributed by atoms with Gasteiger partial charge in [-0.25, -0.2) is 4.98 Å². The molecule has 18 heavy (non-hydrogen) atoms. The Morgan fingerprint density at radius 2 is 2.17 bits per heavy atom. The predicted molar refractivity (Wildman–Crippen MR) is 72.8 cm³/mol. The molecule has 2 aliphatic heterocycles. The van der Waals surface area contributed by atoms with Gasteiger partial charge in [0.2, 0.25) is 5.95 Å². The van der Waals surface area contributed by atoms with Gasteiger partial charge in [0.05, 0.1) is 11.0 Å². The van der Waals surface area contributed by atoms with Gasteiger partial charge in [0.25, 0.3) is 0 Å².